The van der Waals surface area contributed by atoms with Crippen LogP contribution in [0.2, 0.25) is 0 Å². The highest BCUT2D eigenvalue weighted by molar-refractivity contribution is 9.09. The van der Waals surface area contributed by atoms with Gasteiger partial charge in [0.25, 0.3) is 0 Å². The molecule has 2 heteroatoms. The van der Waals surface area contributed by atoms with Gasteiger partial charge in [0, 0.05) is 15.9 Å². The van der Waals surface area contributed by atoms with Crippen molar-refractivity contribution in [1.82, 2.24) is 5.32 Å². The predicted molar refractivity (Wildman–Crippen MR) is 62.4 cm³/mol. The quantitative estimate of drug-likeness (QED) is 0.702. The predicted octanol–water partition coefficient (Wildman–Crippen LogP) is 3.33. The Morgan fingerprint density at radius 3 is 1.85 bits per heavy atom. The van der Waals surface area contributed by atoms with Gasteiger partial charge >= 0.3 is 0 Å². The van der Waals surface area contributed by atoms with Gasteiger partial charge < -0.3 is 5.32 Å². The fourth-order valence-electron chi connectivity index (χ4n) is 2.73. The van der Waals surface area contributed by atoms with Gasteiger partial charge in [-0.15, -0.1) is 0 Å². The standard InChI is InChI=1S/C11H22BrN/c1-8(12)9-6-10(2,3)13-11(4,5)7-9/h8-9,13H,6-7H2,1-5H3. The highest BCUT2D eigenvalue weighted by Gasteiger charge is 2.38. The molecule has 1 rings (SSSR count). The Kier molecular flexibility index (Phi) is 3.14. The van der Waals surface area contributed by atoms with Crippen LogP contribution in [0.15, 0.2) is 0 Å². The molecule has 1 atom stereocenters. The summed E-state index contributed by atoms with van der Waals surface area (Å²) in [5.41, 5.74) is 0.572. The van der Waals surface area contributed by atoms with Gasteiger partial charge in [0.1, 0.15) is 0 Å². The molecular weight excluding hydrogens is 226 g/mol. The minimum atomic E-state index is 0.286. The van der Waals surface area contributed by atoms with E-state index in [0.29, 0.717) is 4.83 Å². The second-order valence-corrected chi connectivity index (χ2v) is 7.18. The van der Waals surface area contributed by atoms with E-state index in [-0.39, 0.29) is 11.1 Å². The fourth-order valence-corrected chi connectivity index (χ4v) is 3.10. The lowest BCUT2D eigenvalue weighted by atomic mass is 9.75. The van der Waals surface area contributed by atoms with Crippen LogP contribution in [0, 0.1) is 5.92 Å². The maximum absolute atomic E-state index is 3.71. The third-order valence-corrected chi connectivity index (χ3v) is 3.62. The molecule has 0 aromatic rings. The summed E-state index contributed by atoms with van der Waals surface area (Å²) in [6.45, 7) is 11.5. The molecule has 1 fully saturated rings. The van der Waals surface area contributed by atoms with Crippen LogP contribution in [0.25, 0.3) is 0 Å². The minimum Gasteiger partial charge on any atom is -0.307 e. The molecule has 1 unspecified atom stereocenters. The number of alkyl halides is 1. The van der Waals surface area contributed by atoms with Crippen LogP contribution in [0.4, 0.5) is 0 Å². The first-order chi connectivity index (χ1) is 5.72. The van der Waals surface area contributed by atoms with Gasteiger partial charge in [-0.2, -0.15) is 0 Å². The van der Waals surface area contributed by atoms with E-state index in [0.717, 1.165) is 5.92 Å². The van der Waals surface area contributed by atoms with Gasteiger partial charge in [-0.1, -0.05) is 22.9 Å². The Labute approximate surface area is 90.8 Å². The van der Waals surface area contributed by atoms with Crippen LogP contribution in [0.1, 0.15) is 47.5 Å². The molecule has 1 nitrogen and oxygen atoms in total. The minimum absolute atomic E-state index is 0.286. The van der Waals surface area contributed by atoms with Gasteiger partial charge in [-0.25, -0.2) is 0 Å². The van der Waals surface area contributed by atoms with Gasteiger partial charge in [0.05, 0.1) is 0 Å². The van der Waals surface area contributed by atoms with Crippen molar-refractivity contribution in [2.45, 2.75) is 63.4 Å². The molecule has 0 aliphatic carbocycles. The van der Waals surface area contributed by atoms with Crippen LogP contribution in [0.5, 0.6) is 0 Å². The average molecular weight is 248 g/mol. The molecule has 0 aromatic heterocycles. The number of piperidine rings is 1. The van der Waals surface area contributed by atoms with Crippen LogP contribution >= 0.6 is 15.9 Å². The van der Waals surface area contributed by atoms with Crippen molar-refractivity contribution in [3.05, 3.63) is 0 Å². The first-order valence-electron chi connectivity index (χ1n) is 5.15. The largest absolute Gasteiger partial charge is 0.307 e. The lowest BCUT2D eigenvalue weighted by molar-refractivity contribution is 0.130. The van der Waals surface area contributed by atoms with Crippen molar-refractivity contribution >= 4 is 15.9 Å². The summed E-state index contributed by atoms with van der Waals surface area (Å²) in [5, 5.41) is 3.70. The first kappa shape index (κ1) is 11.5. The van der Waals surface area contributed by atoms with E-state index in [1.807, 2.05) is 0 Å². The summed E-state index contributed by atoms with van der Waals surface area (Å²) in [6.07, 6.45) is 2.53. The van der Waals surface area contributed by atoms with E-state index < -0.39 is 0 Å². The number of halogens is 1. The lowest BCUT2D eigenvalue weighted by Crippen LogP contribution is -2.58. The fraction of sp³-hybridized carbons (Fsp3) is 1.00. The van der Waals surface area contributed by atoms with E-state index in [4.69, 9.17) is 0 Å². The van der Waals surface area contributed by atoms with Crippen molar-refractivity contribution in [2.24, 2.45) is 5.92 Å². The Hall–Kier alpha value is 0.440. The van der Waals surface area contributed by atoms with Crippen LogP contribution in [-0.2, 0) is 0 Å². The molecule has 1 aliphatic rings. The Morgan fingerprint density at radius 1 is 1.15 bits per heavy atom. The molecule has 1 heterocycles. The monoisotopic (exact) mass is 247 g/mol. The maximum atomic E-state index is 3.71. The third kappa shape index (κ3) is 3.25. The number of rotatable bonds is 1. The summed E-state index contributed by atoms with van der Waals surface area (Å²) >= 11 is 3.71. The van der Waals surface area contributed by atoms with E-state index in [9.17, 15) is 0 Å². The van der Waals surface area contributed by atoms with Gasteiger partial charge in [-0.3, -0.25) is 0 Å². The normalized spacial score (nSPS) is 30.0. The lowest BCUT2D eigenvalue weighted by Gasteiger charge is -2.47. The summed E-state index contributed by atoms with van der Waals surface area (Å²) in [6, 6.07) is 0. The zero-order valence-electron chi connectivity index (χ0n) is 9.45. The molecule has 1 saturated heterocycles. The zero-order chi connectivity index (χ0) is 10.3. The number of hydrogen-bond donors (Lipinski definition) is 1. The summed E-state index contributed by atoms with van der Waals surface area (Å²) in [5.74, 6) is 0.797. The van der Waals surface area contributed by atoms with E-state index >= 15 is 0 Å². The molecular formula is C11H22BrN. The molecule has 0 saturated carbocycles. The second-order valence-electron chi connectivity index (χ2n) is 5.74. The van der Waals surface area contributed by atoms with Crippen LogP contribution in [0.3, 0.4) is 0 Å². The molecule has 1 N–H and O–H groups in total. The number of hydrogen-bond acceptors (Lipinski definition) is 1. The highest BCUT2D eigenvalue weighted by atomic mass is 79.9. The summed E-state index contributed by atoms with van der Waals surface area (Å²) < 4.78 is 0. The van der Waals surface area contributed by atoms with Crippen molar-refractivity contribution in [3.8, 4) is 0 Å². The van der Waals surface area contributed by atoms with Gasteiger partial charge in [-0.05, 0) is 46.5 Å². The molecule has 0 aromatic carbocycles. The summed E-state index contributed by atoms with van der Waals surface area (Å²) in [7, 11) is 0. The Balaban J connectivity index is 2.72. The molecule has 1 aliphatic heterocycles. The van der Waals surface area contributed by atoms with Crippen molar-refractivity contribution in [2.75, 3.05) is 0 Å². The highest BCUT2D eigenvalue weighted by Crippen LogP contribution is 2.36. The van der Waals surface area contributed by atoms with Gasteiger partial charge in [0.15, 0.2) is 0 Å². The van der Waals surface area contributed by atoms with Crippen LogP contribution < -0.4 is 5.32 Å². The van der Waals surface area contributed by atoms with E-state index in [2.05, 4.69) is 55.9 Å². The van der Waals surface area contributed by atoms with Crippen molar-refractivity contribution in [3.63, 3.8) is 0 Å². The molecule has 78 valence electrons. The number of nitrogens with one attached hydrogen (secondary N) is 1. The Bertz CT molecular complexity index is 169. The zero-order valence-corrected chi connectivity index (χ0v) is 11.0. The Morgan fingerprint density at radius 2 is 1.54 bits per heavy atom. The first-order valence-corrected chi connectivity index (χ1v) is 6.07. The van der Waals surface area contributed by atoms with Crippen molar-refractivity contribution in [1.29, 1.82) is 0 Å². The second kappa shape index (κ2) is 3.54. The van der Waals surface area contributed by atoms with Crippen LogP contribution in [-0.4, -0.2) is 15.9 Å². The maximum Gasteiger partial charge on any atom is 0.0147 e. The third-order valence-electron chi connectivity index (χ3n) is 2.87. The van der Waals surface area contributed by atoms with E-state index in [1.165, 1.54) is 12.8 Å². The average Bonchev–Trinajstić information content (AvgIpc) is 1.79. The van der Waals surface area contributed by atoms with Gasteiger partial charge in [0.2, 0.25) is 0 Å². The van der Waals surface area contributed by atoms with Crippen molar-refractivity contribution < 1.29 is 0 Å². The molecule has 0 radical (unpaired) electrons. The molecule has 0 spiro atoms. The molecule has 0 amide bonds. The molecule has 0 bridgehead atoms. The SMILES string of the molecule is CC(Br)C1CC(C)(C)NC(C)(C)C1. The summed E-state index contributed by atoms with van der Waals surface area (Å²) in [4.78, 5) is 0.633. The molecule has 13 heavy (non-hydrogen) atoms. The van der Waals surface area contributed by atoms with E-state index in [1.54, 1.807) is 0 Å². The topological polar surface area (TPSA) is 12.0 Å². The smallest absolute Gasteiger partial charge is 0.0147 e.